The van der Waals surface area contributed by atoms with E-state index in [0.29, 0.717) is 11.9 Å². The molecule has 2 atom stereocenters. The van der Waals surface area contributed by atoms with Gasteiger partial charge in [0.2, 0.25) is 5.91 Å². The summed E-state index contributed by atoms with van der Waals surface area (Å²) in [6, 6.07) is 0.451. The lowest BCUT2D eigenvalue weighted by molar-refractivity contribution is -0.135. The first-order valence-corrected chi connectivity index (χ1v) is 5.12. The molecule has 0 aromatic heterocycles. The number of amides is 1. The minimum absolute atomic E-state index is 0.116. The third-order valence-electron chi connectivity index (χ3n) is 2.77. The average Bonchev–Trinajstić information content (AvgIpc) is 2.50. The maximum Gasteiger partial charge on any atom is 0.226 e. The summed E-state index contributed by atoms with van der Waals surface area (Å²) in [7, 11) is 1.89. The molecule has 1 saturated heterocycles. The van der Waals surface area contributed by atoms with Crippen LogP contribution < -0.4 is 5.32 Å². The Balaban J connectivity index is 2.46. The van der Waals surface area contributed by atoms with Gasteiger partial charge < -0.3 is 10.2 Å². The summed E-state index contributed by atoms with van der Waals surface area (Å²) in [5.74, 6) is 0.421. The molecule has 1 fully saturated rings. The monoisotopic (exact) mass is 184 g/mol. The van der Waals surface area contributed by atoms with E-state index in [9.17, 15) is 4.79 Å². The Morgan fingerprint density at radius 2 is 2.38 bits per heavy atom. The summed E-state index contributed by atoms with van der Waals surface area (Å²) < 4.78 is 0. The summed E-state index contributed by atoms with van der Waals surface area (Å²) in [4.78, 5) is 13.8. The SMILES string of the molecule is CNCC(C)C(=O)N1CCCC1C. The molecular weight excluding hydrogens is 164 g/mol. The quantitative estimate of drug-likeness (QED) is 0.705. The van der Waals surface area contributed by atoms with Crippen LogP contribution in [0, 0.1) is 5.92 Å². The lowest BCUT2D eigenvalue weighted by atomic mass is 10.1. The molecule has 3 heteroatoms. The molecule has 1 N–H and O–H groups in total. The van der Waals surface area contributed by atoms with Crippen molar-refractivity contribution in [3.63, 3.8) is 0 Å². The Kier molecular flexibility index (Phi) is 3.72. The molecular formula is C10H20N2O. The molecule has 1 aliphatic heterocycles. The molecule has 2 unspecified atom stereocenters. The molecule has 0 saturated carbocycles. The molecule has 0 radical (unpaired) electrons. The first-order valence-electron chi connectivity index (χ1n) is 5.12. The number of nitrogens with one attached hydrogen (secondary N) is 1. The maximum atomic E-state index is 11.8. The van der Waals surface area contributed by atoms with Crippen molar-refractivity contribution in [1.82, 2.24) is 10.2 Å². The van der Waals surface area contributed by atoms with Gasteiger partial charge in [-0.05, 0) is 26.8 Å². The number of hydrogen-bond acceptors (Lipinski definition) is 2. The molecule has 0 aromatic carbocycles. The second kappa shape index (κ2) is 4.61. The summed E-state index contributed by atoms with van der Waals surface area (Å²) in [6.45, 7) is 5.86. The van der Waals surface area contributed by atoms with Crippen molar-refractivity contribution in [1.29, 1.82) is 0 Å². The van der Waals surface area contributed by atoms with Crippen LogP contribution in [0.5, 0.6) is 0 Å². The van der Waals surface area contributed by atoms with Gasteiger partial charge >= 0.3 is 0 Å². The number of likely N-dealkylation sites (tertiary alicyclic amines) is 1. The highest BCUT2D eigenvalue weighted by atomic mass is 16.2. The Morgan fingerprint density at radius 1 is 1.69 bits per heavy atom. The van der Waals surface area contributed by atoms with Crippen molar-refractivity contribution in [3.8, 4) is 0 Å². The maximum absolute atomic E-state index is 11.8. The lowest BCUT2D eigenvalue weighted by Crippen LogP contribution is -2.40. The fourth-order valence-electron chi connectivity index (χ4n) is 1.94. The van der Waals surface area contributed by atoms with Crippen LogP contribution >= 0.6 is 0 Å². The van der Waals surface area contributed by atoms with E-state index < -0.39 is 0 Å². The van der Waals surface area contributed by atoms with Gasteiger partial charge in [0, 0.05) is 25.0 Å². The van der Waals surface area contributed by atoms with Gasteiger partial charge in [-0.3, -0.25) is 4.79 Å². The number of hydrogen-bond donors (Lipinski definition) is 1. The Labute approximate surface area is 80.5 Å². The molecule has 1 heterocycles. The van der Waals surface area contributed by atoms with Crippen LogP contribution in [0.2, 0.25) is 0 Å². The Bertz CT molecular complexity index is 182. The molecule has 76 valence electrons. The fraction of sp³-hybridized carbons (Fsp3) is 0.900. The summed E-state index contributed by atoms with van der Waals surface area (Å²) >= 11 is 0. The highest BCUT2D eigenvalue weighted by Gasteiger charge is 2.27. The minimum Gasteiger partial charge on any atom is -0.340 e. The molecule has 1 amide bonds. The summed E-state index contributed by atoms with van der Waals surface area (Å²) in [5.41, 5.74) is 0. The fourth-order valence-corrected chi connectivity index (χ4v) is 1.94. The second-order valence-electron chi connectivity index (χ2n) is 3.98. The van der Waals surface area contributed by atoms with Gasteiger partial charge in [-0.25, -0.2) is 0 Å². The Morgan fingerprint density at radius 3 is 2.85 bits per heavy atom. The first-order chi connectivity index (χ1) is 6.16. The molecule has 13 heavy (non-hydrogen) atoms. The van der Waals surface area contributed by atoms with Gasteiger partial charge in [-0.2, -0.15) is 0 Å². The zero-order valence-electron chi connectivity index (χ0n) is 8.84. The van der Waals surface area contributed by atoms with Crippen molar-refractivity contribution in [2.45, 2.75) is 32.7 Å². The number of carbonyl (C=O) groups excluding carboxylic acids is 1. The van der Waals surface area contributed by atoms with E-state index in [1.54, 1.807) is 0 Å². The van der Waals surface area contributed by atoms with Crippen molar-refractivity contribution in [2.75, 3.05) is 20.1 Å². The van der Waals surface area contributed by atoms with Crippen LogP contribution in [-0.4, -0.2) is 37.0 Å². The van der Waals surface area contributed by atoms with Crippen molar-refractivity contribution in [2.24, 2.45) is 5.92 Å². The van der Waals surface area contributed by atoms with Crippen LogP contribution in [0.3, 0.4) is 0 Å². The van der Waals surface area contributed by atoms with Gasteiger partial charge in [-0.1, -0.05) is 6.92 Å². The van der Waals surface area contributed by atoms with Crippen LogP contribution in [0.4, 0.5) is 0 Å². The van der Waals surface area contributed by atoms with Crippen LogP contribution in [0.25, 0.3) is 0 Å². The Hall–Kier alpha value is -0.570. The lowest BCUT2D eigenvalue weighted by Gasteiger charge is -2.24. The van der Waals surface area contributed by atoms with E-state index in [4.69, 9.17) is 0 Å². The van der Waals surface area contributed by atoms with Gasteiger partial charge in [0.1, 0.15) is 0 Å². The third-order valence-corrected chi connectivity index (χ3v) is 2.77. The highest BCUT2D eigenvalue weighted by Crippen LogP contribution is 2.18. The zero-order chi connectivity index (χ0) is 9.84. The molecule has 0 aliphatic carbocycles. The van der Waals surface area contributed by atoms with Crippen molar-refractivity contribution in [3.05, 3.63) is 0 Å². The van der Waals surface area contributed by atoms with Gasteiger partial charge in [0.25, 0.3) is 0 Å². The molecule has 0 spiro atoms. The smallest absolute Gasteiger partial charge is 0.226 e. The van der Waals surface area contributed by atoms with Crippen LogP contribution in [-0.2, 0) is 4.79 Å². The third kappa shape index (κ3) is 2.44. The zero-order valence-corrected chi connectivity index (χ0v) is 8.84. The van der Waals surface area contributed by atoms with E-state index in [-0.39, 0.29) is 5.92 Å². The predicted molar refractivity (Wildman–Crippen MR) is 53.5 cm³/mol. The highest BCUT2D eigenvalue weighted by molar-refractivity contribution is 5.79. The van der Waals surface area contributed by atoms with Gasteiger partial charge in [0.05, 0.1) is 0 Å². The van der Waals surface area contributed by atoms with Crippen LogP contribution in [0.1, 0.15) is 26.7 Å². The summed E-state index contributed by atoms with van der Waals surface area (Å²) in [5, 5.41) is 3.04. The normalized spacial score (nSPS) is 24.8. The molecule has 1 aliphatic rings. The van der Waals surface area contributed by atoms with Crippen molar-refractivity contribution >= 4 is 5.91 Å². The number of carbonyl (C=O) groups is 1. The first kappa shape index (κ1) is 10.5. The average molecular weight is 184 g/mol. The van der Waals surface area contributed by atoms with Gasteiger partial charge in [0.15, 0.2) is 0 Å². The standard InChI is InChI=1S/C10H20N2O/c1-8(7-11-3)10(13)12-6-4-5-9(12)2/h8-9,11H,4-7H2,1-3H3. The number of rotatable bonds is 3. The topological polar surface area (TPSA) is 32.3 Å². The second-order valence-corrected chi connectivity index (χ2v) is 3.98. The molecule has 1 rings (SSSR count). The van der Waals surface area contributed by atoms with E-state index >= 15 is 0 Å². The summed E-state index contributed by atoms with van der Waals surface area (Å²) in [6.07, 6.45) is 2.33. The van der Waals surface area contributed by atoms with Gasteiger partial charge in [-0.15, -0.1) is 0 Å². The molecule has 0 bridgehead atoms. The van der Waals surface area contributed by atoms with E-state index in [1.165, 1.54) is 6.42 Å². The molecule has 0 aromatic rings. The van der Waals surface area contributed by atoms with E-state index in [0.717, 1.165) is 19.5 Å². The van der Waals surface area contributed by atoms with E-state index in [1.807, 2.05) is 18.9 Å². The largest absolute Gasteiger partial charge is 0.340 e. The predicted octanol–water partition coefficient (Wildman–Crippen LogP) is 0.853. The van der Waals surface area contributed by atoms with Crippen LogP contribution in [0.15, 0.2) is 0 Å². The number of nitrogens with zero attached hydrogens (tertiary/aromatic N) is 1. The van der Waals surface area contributed by atoms with E-state index in [2.05, 4.69) is 12.2 Å². The minimum atomic E-state index is 0.116. The van der Waals surface area contributed by atoms with Crippen molar-refractivity contribution < 1.29 is 4.79 Å². The molecule has 3 nitrogen and oxygen atoms in total.